The molecule has 1 aromatic carbocycles. The van der Waals surface area contributed by atoms with Crippen molar-refractivity contribution in [1.82, 2.24) is 0 Å². The summed E-state index contributed by atoms with van der Waals surface area (Å²) in [7, 11) is 0. The monoisotopic (exact) mass is 338 g/mol. The molecular weight excluding hydrogens is 312 g/mol. The van der Waals surface area contributed by atoms with Crippen LogP contribution >= 0.6 is 11.8 Å². The van der Waals surface area contributed by atoms with Crippen LogP contribution in [0.4, 0.5) is 0 Å². The first-order valence-electron chi connectivity index (χ1n) is 8.12. The van der Waals surface area contributed by atoms with Gasteiger partial charge < -0.3 is 9.84 Å². The van der Waals surface area contributed by atoms with Gasteiger partial charge in [-0.05, 0) is 37.5 Å². The van der Waals surface area contributed by atoms with Crippen molar-refractivity contribution in [2.24, 2.45) is 5.92 Å². The summed E-state index contributed by atoms with van der Waals surface area (Å²) in [6.45, 7) is 3.99. The zero-order chi connectivity index (χ0) is 17.1. The highest BCUT2D eigenvalue weighted by Gasteiger charge is 2.27. The molecule has 23 heavy (non-hydrogen) atoms. The number of carbonyl (C=O) groups is 2. The number of aliphatic hydroxyl groups is 1. The van der Waals surface area contributed by atoms with E-state index < -0.39 is 12.0 Å². The van der Waals surface area contributed by atoms with Gasteiger partial charge in [0.2, 0.25) is 0 Å². The highest BCUT2D eigenvalue weighted by atomic mass is 32.2. The van der Waals surface area contributed by atoms with Crippen LogP contribution in [0.1, 0.15) is 38.7 Å². The van der Waals surface area contributed by atoms with Crippen molar-refractivity contribution in [2.75, 3.05) is 12.4 Å². The molecule has 4 nitrogen and oxygen atoms in total. The number of carbonyl (C=O) groups excluding carboxylic acids is 2. The molecule has 0 aliphatic heterocycles. The summed E-state index contributed by atoms with van der Waals surface area (Å²) in [4.78, 5) is 23.7. The molecule has 2 atom stereocenters. The number of hydrogen-bond donors (Lipinski definition) is 1. The molecule has 0 amide bonds. The first-order chi connectivity index (χ1) is 11.1. The van der Waals surface area contributed by atoms with Crippen LogP contribution in [-0.2, 0) is 20.7 Å². The number of aliphatic hydroxyl groups excluding tert-OH is 1. The summed E-state index contributed by atoms with van der Waals surface area (Å²) in [6, 6.07) is 9.87. The van der Waals surface area contributed by atoms with Gasteiger partial charge in [-0.1, -0.05) is 49.0 Å². The number of aryl methyl sites for hydroxylation is 1. The Bertz CT molecular complexity index is 475. The third-order valence-corrected chi connectivity index (χ3v) is 4.47. The highest BCUT2D eigenvalue weighted by Crippen LogP contribution is 2.23. The van der Waals surface area contributed by atoms with Crippen molar-refractivity contribution >= 4 is 22.8 Å². The topological polar surface area (TPSA) is 63.6 Å². The number of rotatable bonds is 10. The van der Waals surface area contributed by atoms with Crippen molar-refractivity contribution in [3.63, 3.8) is 0 Å². The second-order valence-electron chi connectivity index (χ2n) is 5.29. The summed E-state index contributed by atoms with van der Waals surface area (Å²) in [6.07, 6.45) is 0.976. The average Bonchev–Trinajstić information content (AvgIpc) is 2.54. The quantitative estimate of drug-likeness (QED) is 0.664. The molecule has 0 aliphatic rings. The smallest absolute Gasteiger partial charge is 0.305 e. The number of thioether (sulfide) groups is 1. The molecular formula is C18H26O4S. The predicted octanol–water partition coefficient (Wildman–Crippen LogP) is 3.22. The zero-order valence-corrected chi connectivity index (χ0v) is 14.7. The molecule has 0 aromatic heterocycles. The molecule has 0 unspecified atom stereocenters. The van der Waals surface area contributed by atoms with Crippen molar-refractivity contribution in [3.8, 4) is 0 Å². The maximum atomic E-state index is 12.2. The summed E-state index contributed by atoms with van der Waals surface area (Å²) in [5, 5.41) is 10.4. The van der Waals surface area contributed by atoms with Crippen LogP contribution < -0.4 is 0 Å². The molecule has 1 N–H and O–H groups in total. The number of benzene rings is 1. The van der Waals surface area contributed by atoms with Crippen molar-refractivity contribution < 1.29 is 19.4 Å². The fourth-order valence-corrected chi connectivity index (χ4v) is 3.16. The first kappa shape index (κ1) is 19.7. The fourth-order valence-electron chi connectivity index (χ4n) is 2.38. The molecule has 128 valence electrons. The molecule has 0 saturated carbocycles. The molecule has 0 saturated heterocycles. The summed E-state index contributed by atoms with van der Waals surface area (Å²) >= 11 is 1.20. The summed E-state index contributed by atoms with van der Waals surface area (Å²) in [5.41, 5.74) is 1.13. The SMILES string of the molecule is CCOC(=O)CC[C@H](C(=O)SCC)[C@@H](O)CCc1ccccc1. The van der Waals surface area contributed by atoms with Gasteiger partial charge in [-0.3, -0.25) is 9.59 Å². The minimum atomic E-state index is -0.740. The van der Waals surface area contributed by atoms with Gasteiger partial charge in [0.1, 0.15) is 0 Å². The van der Waals surface area contributed by atoms with E-state index in [9.17, 15) is 14.7 Å². The van der Waals surface area contributed by atoms with Gasteiger partial charge in [0.15, 0.2) is 5.12 Å². The lowest BCUT2D eigenvalue weighted by molar-refractivity contribution is -0.143. The lowest BCUT2D eigenvalue weighted by atomic mass is 9.93. The van der Waals surface area contributed by atoms with Gasteiger partial charge >= 0.3 is 5.97 Å². The van der Waals surface area contributed by atoms with Gasteiger partial charge in [-0.15, -0.1) is 0 Å². The molecule has 0 spiro atoms. The molecule has 0 fully saturated rings. The Labute approximate surface area is 142 Å². The van der Waals surface area contributed by atoms with Gasteiger partial charge in [0.25, 0.3) is 0 Å². The van der Waals surface area contributed by atoms with E-state index >= 15 is 0 Å². The molecule has 0 bridgehead atoms. The first-order valence-corrected chi connectivity index (χ1v) is 9.11. The Balaban J connectivity index is 2.58. The average molecular weight is 338 g/mol. The van der Waals surface area contributed by atoms with E-state index in [-0.39, 0.29) is 17.5 Å². The molecule has 5 heteroatoms. The van der Waals surface area contributed by atoms with Crippen LogP contribution in [0.15, 0.2) is 30.3 Å². The van der Waals surface area contributed by atoms with Crippen LogP contribution in [-0.4, -0.2) is 34.7 Å². The third-order valence-electron chi connectivity index (χ3n) is 3.59. The van der Waals surface area contributed by atoms with E-state index in [2.05, 4.69) is 0 Å². The Morgan fingerprint density at radius 1 is 1.17 bits per heavy atom. The van der Waals surface area contributed by atoms with E-state index in [1.807, 2.05) is 37.3 Å². The minimum Gasteiger partial charge on any atom is -0.466 e. The van der Waals surface area contributed by atoms with Crippen molar-refractivity contribution in [2.45, 2.75) is 45.6 Å². The second-order valence-corrected chi connectivity index (χ2v) is 6.56. The minimum absolute atomic E-state index is 0.0441. The predicted molar refractivity (Wildman–Crippen MR) is 93.3 cm³/mol. The Morgan fingerprint density at radius 3 is 2.48 bits per heavy atom. The third kappa shape index (κ3) is 7.66. The van der Waals surface area contributed by atoms with E-state index in [0.29, 0.717) is 31.6 Å². The Morgan fingerprint density at radius 2 is 1.87 bits per heavy atom. The summed E-state index contributed by atoms with van der Waals surface area (Å²) in [5.74, 6) is -0.171. The molecule has 1 aromatic rings. The number of ether oxygens (including phenoxy) is 1. The van der Waals surface area contributed by atoms with Gasteiger partial charge in [0.05, 0.1) is 18.6 Å². The van der Waals surface area contributed by atoms with Gasteiger partial charge in [0, 0.05) is 6.42 Å². The van der Waals surface area contributed by atoms with Crippen LogP contribution in [0.3, 0.4) is 0 Å². The van der Waals surface area contributed by atoms with Crippen LogP contribution in [0.25, 0.3) is 0 Å². The molecule has 1 rings (SSSR count). The zero-order valence-electron chi connectivity index (χ0n) is 13.9. The number of esters is 1. The Hall–Kier alpha value is -1.33. The maximum absolute atomic E-state index is 12.2. The van der Waals surface area contributed by atoms with Crippen molar-refractivity contribution in [1.29, 1.82) is 0 Å². The standard InChI is InChI=1S/C18H26O4S/c1-3-22-17(20)13-11-15(18(21)23-4-2)16(19)12-10-14-8-6-5-7-9-14/h5-9,15-16,19H,3-4,10-13H2,1-2H3/t15-,16-/m0/s1. The fraction of sp³-hybridized carbons (Fsp3) is 0.556. The molecule has 0 radical (unpaired) electrons. The summed E-state index contributed by atoms with van der Waals surface area (Å²) < 4.78 is 4.90. The van der Waals surface area contributed by atoms with E-state index in [1.165, 1.54) is 11.8 Å². The largest absolute Gasteiger partial charge is 0.466 e. The highest BCUT2D eigenvalue weighted by molar-refractivity contribution is 8.13. The van der Waals surface area contributed by atoms with Crippen LogP contribution in [0.5, 0.6) is 0 Å². The van der Waals surface area contributed by atoms with E-state index in [1.54, 1.807) is 6.92 Å². The van der Waals surface area contributed by atoms with E-state index in [4.69, 9.17) is 4.74 Å². The van der Waals surface area contributed by atoms with Crippen LogP contribution in [0, 0.1) is 5.92 Å². The lowest BCUT2D eigenvalue weighted by Crippen LogP contribution is -2.28. The van der Waals surface area contributed by atoms with Crippen LogP contribution in [0.2, 0.25) is 0 Å². The second kappa shape index (κ2) is 11.2. The van der Waals surface area contributed by atoms with Crippen molar-refractivity contribution in [3.05, 3.63) is 35.9 Å². The maximum Gasteiger partial charge on any atom is 0.305 e. The van der Waals surface area contributed by atoms with Gasteiger partial charge in [-0.25, -0.2) is 0 Å². The number of hydrogen-bond acceptors (Lipinski definition) is 5. The van der Waals surface area contributed by atoms with Gasteiger partial charge in [-0.2, -0.15) is 0 Å². The molecule has 0 aliphatic carbocycles. The van der Waals surface area contributed by atoms with E-state index in [0.717, 1.165) is 5.56 Å². The Kier molecular flexibility index (Phi) is 9.64. The normalized spacial score (nSPS) is 13.3. The molecule has 0 heterocycles. The lowest BCUT2D eigenvalue weighted by Gasteiger charge is -2.21.